The van der Waals surface area contributed by atoms with Gasteiger partial charge in [-0.3, -0.25) is 0 Å². The molecule has 3 nitrogen and oxygen atoms in total. The lowest BCUT2D eigenvalue weighted by Gasteiger charge is -2.32. The van der Waals surface area contributed by atoms with E-state index in [2.05, 4.69) is 138 Å². The molecule has 0 radical (unpaired) electrons. The number of hydrogen-bond donors (Lipinski definition) is 2. The average molecular weight is 541 g/mol. The maximum Gasteiger partial charge on any atom is 0.112 e. The van der Waals surface area contributed by atoms with Gasteiger partial charge in [0.15, 0.2) is 0 Å². The van der Waals surface area contributed by atoms with E-state index in [0.29, 0.717) is 0 Å². The fraction of sp³-hybridized carbons (Fsp3) is 0.314. The molecule has 0 spiro atoms. The van der Waals surface area contributed by atoms with E-state index in [1.54, 1.807) is 11.8 Å². The average Bonchev–Trinajstić information content (AvgIpc) is 2.86. The molecule has 1 unspecified atom stereocenters. The zero-order valence-electron chi connectivity index (χ0n) is 24.5. The number of nitrogens with one attached hydrogen (secondary N) is 1. The summed E-state index contributed by atoms with van der Waals surface area (Å²) in [4.78, 5) is 3.49. The van der Waals surface area contributed by atoms with Gasteiger partial charge in [-0.1, -0.05) is 90.6 Å². The monoisotopic (exact) mass is 540 g/mol. The number of nitrogens with zero attached hydrogens (tertiary/aromatic N) is 1. The SMILES string of the molecule is C=C(O)/C(=C\C(=C/CC(C)(C)C)SC(C)N(c1ccccc1)c1ccc(Nc2ccccc2)cc1)C(C)(C)C. The van der Waals surface area contributed by atoms with Crippen LogP contribution in [-0.2, 0) is 0 Å². The summed E-state index contributed by atoms with van der Waals surface area (Å²) in [6, 6.07) is 29.3. The molecule has 39 heavy (non-hydrogen) atoms. The third-order valence-electron chi connectivity index (χ3n) is 6.23. The number of anilines is 4. The van der Waals surface area contributed by atoms with Crippen molar-refractivity contribution in [3.63, 3.8) is 0 Å². The van der Waals surface area contributed by atoms with E-state index < -0.39 is 0 Å². The normalized spacial score (nSPS) is 13.6. The first-order valence-electron chi connectivity index (χ1n) is 13.6. The topological polar surface area (TPSA) is 35.5 Å². The Bertz CT molecular complexity index is 1260. The molecule has 0 amide bonds. The van der Waals surface area contributed by atoms with Gasteiger partial charge in [-0.2, -0.15) is 0 Å². The minimum Gasteiger partial charge on any atom is -0.508 e. The zero-order chi connectivity index (χ0) is 28.6. The fourth-order valence-corrected chi connectivity index (χ4v) is 5.33. The quantitative estimate of drug-likeness (QED) is 0.152. The van der Waals surface area contributed by atoms with E-state index in [4.69, 9.17) is 0 Å². The summed E-state index contributed by atoms with van der Waals surface area (Å²) < 4.78 is 0. The second-order valence-corrected chi connectivity index (χ2v) is 13.5. The fourth-order valence-electron chi connectivity index (χ4n) is 4.22. The largest absolute Gasteiger partial charge is 0.508 e. The second-order valence-electron chi connectivity index (χ2n) is 12.1. The first-order chi connectivity index (χ1) is 18.3. The Morgan fingerprint density at radius 3 is 1.87 bits per heavy atom. The van der Waals surface area contributed by atoms with Gasteiger partial charge in [0.05, 0.1) is 5.37 Å². The van der Waals surface area contributed by atoms with Crippen molar-refractivity contribution >= 4 is 34.5 Å². The number of allylic oxidation sites excluding steroid dienone is 3. The molecule has 0 aliphatic rings. The van der Waals surface area contributed by atoms with E-state index in [1.165, 1.54) is 0 Å². The summed E-state index contributed by atoms with van der Waals surface area (Å²) in [5.41, 5.74) is 5.13. The van der Waals surface area contributed by atoms with Crippen LogP contribution in [0.4, 0.5) is 22.7 Å². The minimum atomic E-state index is -0.225. The Morgan fingerprint density at radius 1 is 0.846 bits per heavy atom. The number of thioether (sulfide) groups is 1. The molecule has 0 saturated carbocycles. The first kappa shape index (κ1) is 30.2. The molecular weight excluding hydrogens is 496 g/mol. The molecule has 0 aromatic heterocycles. The van der Waals surface area contributed by atoms with Crippen molar-refractivity contribution in [2.75, 3.05) is 10.2 Å². The number of hydrogen-bond acceptors (Lipinski definition) is 4. The van der Waals surface area contributed by atoms with Crippen molar-refractivity contribution in [1.29, 1.82) is 0 Å². The molecule has 3 aromatic carbocycles. The Balaban J connectivity index is 1.97. The highest BCUT2D eigenvalue weighted by molar-refractivity contribution is 8.03. The summed E-state index contributed by atoms with van der Waals surface area (Å²) in [5, 5.41) is 14.0. The molecule has 0 heterocycles. The van der Waals surface area contributed by atoms with Crippen LogP contribution in [0.1, 0.15) is 54.9 Å². The standard InChI is InChI=1S/C35H44N2OS/c1-26(38)33(35(6,7)8)25-32(23-24-34(3,4)5)39-27(2)37(30-17-13-10-14-18-30)31-21-19-29(20-22-31)36-28-15-11-9-12-16-28/h9-23,25,27,36,38H,1,24H2,2-8H3/b32-23+,33-25+. The summed E-state index contributed by atoms with van der Waals surface area (Å²) >= 11 is 1.79. The van der Waals surface area contributed by atoms with Crippen molar-refractivity contribution in [2.24, 2.45) is 10.8 Å². The molecule has 0 bridgehead atoms. The third kappa shape index (κ3) is 9.40. The van der Waals surface area contributed by atoms with Crippen LogP contribution in [0.15, 0.2) is 120 Å². The number of aliphatic hydroxyl groups is 1. The highest BCUT2D eigenvalue weighted by Crippen LogP contribution is 2.39. The number of benzene rings is 3. The van der Waals surface area contributed by atoms with E-state index in [1.807, 2.05) is 24.3 Å². The van der Waals surface area contributed by atoms with Crippen LogP contribution in [0.5, 0.6) is 0 Å². The third-order valence-corrected chi connectivity index (χ3v) is 7.34. The Labute approximate surface area is 240 Å². The van der Waals surface area contributed by atoms with Crippen molar-refractivity contribution in [1.82, 2.24) is 0 Å². The molecule has 2 N–H and O–H groups in total. The van der Waals surface area contributed by atoms with E-state index in [9.17, 15) is 5.11 Å². The number of aliphatic hydroxyl groups excluding tert-OH is 1. The number of para-hydroxylation sites is 2. The lowest BCUT2D eigenvalue weighted by molar-refractivity contribution is 0.381. The minimum absolute atomic E-state index is 0.0796. The van der Waals surface area contributed by atoms with Gasteiger partial charge < -0.3 is 15.3 Å². The Hall–Kier alpha value is -3.37. The molecule has 0 saturated heterocycles. The second kappa shape index (κ2) is 13.1. The highest BCUT2D eigenvalue weighted by atomic mass is 32.2. The van der Waals surface area contributed by atoms with Crippen molar-refractivity contribution in [2.45, 2.75) is 60.3 Å². The molecule has 0 aliphatic carbocycles. The van der Waals surface area contributed by atoms with Crippen LogP contribution < -0.4 is 10.2 Å². The van der Waals surface area contributed by atoms with Gasteiger partial charge in [0, 0.05) is 27.7 Å². The van der Waals surface area contributed by atoms with E-state index in [0.717, 1.165) is 39.6 Å². The summed E-state index contributed by atoms with van der Waals surface area (Å²) in [6.45, 7) is 19.2. The van der Waals surface area contributed by atoms with Gasteiger partial charge in [-0.25, -0.2) is 0 Å². The van der Waals surface area contributed by atoms with E-state index >= 15 is 0 Å². The van der Waals surface area contributed by atoms with Crippen molar-refractivity contribution in [3.8, 4) is 0 Å². The number of rotatable bonds is 10. The summed E-state index contributed by atoms with van der Waals surface area (Å²) in [6.07, 6.45) is 5.34. The molecule has 4 heteroatoms. The van der Waals surface area contributed by atoms with Gasteiger partial charge in [0.2, 0.25) is 0 Å². The summed E-state index contributed by atoms with van der Waals surface area (Å²) in [7, 11) is 0. The predicted molar refractivity (Wildman–Crippen MR) is 173 cm³/mol. The zero-order valence-corrected chi connectivity index (χ0v) is 25.3. The predicted octanol–water partition coefficient (Wildman–Crippen LogP) is 11.0. The van der Waals surface area contributed by atoms with Crippen LogP contribution >= 0.6 is 11.8 Å². The highest BCUT2D eigenvalue weighted by Gasteiger charge is 2.23. The van der Waals surface area contributed by atoms with Crippen LogP contribution in [-0.4, -0.2) is 10.5 Å². The first-order valence-corrected chi connectivity index (χ1v) is 14.4. The van der Waals surface area contributed by atoms with Crippen molar-refractivity contribution in [3.05, 3.63) is 120 Å². The van der Waals surface area contributed by atoms with Gasteiger partial charge in [-0.15, -0.1) is 11.8 Å². The lowest BCUT2D eigenvalue weighted by atomic mass is 9.85. The molecule has 3 aromatic rings. The Morgan fingerprint density at radius 2 is 1.36 bits per heavy atom. The molecule has 3 rings (SSSR count). The van der Waals surface area contributed by atoms with Gasteiger partial charge in [-0.05, 0) is 84.4 Å². The van der Waals surface area contributed by atoms with Crippen molar-refractivity contribution < 1.29 is 5.11 Å². The maximum atomic E-state index is 10.4. The van der Waals surface area contributed by atoms with Gasteiger partial charge in [0.1, 0.15) is 5.76 Å². The molecule has 1 atom stereocenters. The van der Waals surface area contributed by atoms with Crippen LogP contribution in [0.2, 0.25) is 0 Å². The van der Waals surface area contributed by atoms with E-state index in [-0.39, 0.29) is 22.0 Å². The maximum absolute atomic E-state index is 10.4. The molecule has 0 fully saturated rings. The van der Waals surface area contributed by atoms with Gasteiger partial charge >= 0.3 is 0 Å². The van der Waals surface area contributed by atoms with Crippen LogP contribution in [0.25, 0.3) is 0 Å². The summed E-state index contributed by atoms with van der Waals surface area (Å²) in [5.74, 6) is 0.124. The molecular formula is C35H44N2OS. The smallest absolute Gasteiger partial charge is 0.112 e. The molecule has 206 valence electrons. The Kier molecular flexibility index (Phi) is 10.2. The lowest BCUT2D eigenvalue weighted by Crippen LogP contribution is -2.25. The molecule has 0 aliphatic heterocycles. The van der Waals surface area contributed by atoms with Crippen LogP contribution in [0, 0.1) is 10.8 Å². The van der Waals surface area contributed by atoms with Crippen LogP contribution in [0.3, 0.4) is 0 Å². The van der Waals surface area contributed by atoms with Gasteiger partial charge in [0.25, 0.3) is 0 Å².